The Kier molecular flexibility index (Phi) is 4.06. The van der Waals surface area contributed by atoms with Gasteiger partial charge in [-0.05, 0) is 30.3 Å². The molecule has 104 valence electrons. The van der Waals surface area contributed by atoms with Crippen LogP contribution in [-0.2, 0) is 6.54 Å². The van der Waals surface area contributed by atoms with Crippen LogP contribution in [0, 0.1) is 5.92 Å². The fourth-order valence-electron chi connectivity index (χ4n) is 2.40. The molecule has 0 amide bonds. The lowest BCUT2D eigenvalue weighted by atomic mass is 9.81. The standard InChI is InChI=1S/C12H16BF2NO3/c14-12(15)4-1-9(2-5-12)8-16-6-3-10(13(18)19)7-11(16)17/h3,6-7,9,18-19H,1-2,4-5,8H2. The molecule has 0 atom stereocenters. The zero-order valence-corrected chi connectivity index (χ0v) is 10.4. The van der Waals surface area contributed by atoms with Crippen LogP contribution < -0.4 is 11.0 Å². The van der Waals surface area contributed by atoms with Gasteiger partial charge < -0.3 is 14.6 Å². The van der Waals surface area contributed by atoms with Gasteiger partial charge in [0.15, 0.2) is 0 Å². The molecule has 1 aliphatic rings. The molecule has 0 unspecified atom stereocenters. The number of hydrogen-bond donors (Lipinski definition) is 2. The van der Waals surface area contributed by atoms with E-state index in [9.17, 15) is 13.6 Å². The molecule has 1 aromatic rings. The smallest absolute Gasteiger partial charge is 0.423 e. The van der Waals surface area contributed by atoms with Crippen LogP contribution >= 0.6 is 0 Å². The lowest BCUT2D eigenvalue weighted by molar-refractivity contribution is -0.0474. The molecule has 19 heavy (non-hydrogen) atoms. The second-order valence-corrected chi connectivity index (χ2v) is 5.12. The summed E-state index contributed by atoms with van der Waals surface area (Å²) in [5.41, 5.74) is -0.209. The Balaban J connectivity index is 2.02. The second kappa shape index (κ2) is 5.42. The van der Waals surface area contributed by atoms with E-state index in [4.69, 9.17) is 10.0 Å². The molecule has 2 N–H and O–H groups in total. The van der Waals surface area contributed by atoms with Gasteiger partial charge in [-0.15, -0.1) is 0 Å². The molecule has 0 aliphatic heterocycles. The molecule has 1 heterocycles. The maximum absolute atomic E-state index is 13.0. The predicted octanol–water partition coefficient (Wildman–Crippen LogP) is 0.354. The summed E-state index contributed by atoms with van der Waals surface area (Å²) in [6, 6.07) is 2.60. The highest BCUT2D eigenvalue weighted by Gasteiger charge is 2.34. The molecule has 0 radical (unpaired) electrons. The fourth-order valence-corrected chi connectivity index (χ4v) is 2.40. The van der Waals surface area contributed by atoms with Crippen LogP contribution in [-0.4, -0.2) is 27.7 Å². The van der Waals surface area contributed by atoms with Gasteiger partial charge in [0.2, 0.25) is 11.5 Å². The zero-order chi connectivity index (χ0) is 14.0. The topological polar surface area (TPSA) is 62.5 Å². The van der Waals surface area contributed by atoms with Crippen molar-refractivity contribution in [2.75, 3.05) is 0 Å². The van der Waals surface area contributed by atoms with Crippen molar-refractivity contribution < 1.29 is 18.8 Å². The molecule has 0 aromatic carbocycles. The van der Waals surface area contributed by atoms with E-state index < -0.39 is 13.0 Å². The lowest BCUT2D eigenvalue weighted by Gasteiger charge is -2.28. The first kappa shape index (κ1) is 14.2. The van der Waals surface area contributed by atoms with E-state index in [2.05, 4.69) is 0 Å². The van der Waals surface area contributed by atoms with Crippen LogP contribution in [0.25, 0.3) is 0 Å². The summed E-state index contributed by atoms with van der Waals surface area (Å²) in [6.45, 7) is 0.400. The summed E-state index contributed by atoms with van der Waals surface area (Å²) in [5.74, 6) is -2.49. The summed E-state index contributed by atoms with van der Waals surface area (Å²) in [6.07, 6.45) is 2.04. The Hall–Kier alpha value is -1.21. The Bertz CT molecular complexity index is 494. The maximum Gasteiger partial charge on any atom is 0.488 e. The van der Waals surface area contributed by atoms with Crippen molar-refractivity contribution in [2.24, 2.45) is 5.92 Å². The Labute approximate surface area is 109 Å². The number of alkyl halides is 2. The molecule has 4 nitrogen and oxygen atoms in total. The van der Waals surface area contributed by atoms with Crippen LogP contribution in [0.2, 0.25) is 0 Å². The van der Waals surface area contributed by atoms with E-state index in [1.165, 1.54) is 16.8 Å². The van der Waals surface area contributed by atoms with Crippen molar-refractivity contribution in [3.05, 3.63) is 28.7 Å². The van der Waals surface area contributed by atoms with E-state index in [0.717, 1.165) is 6.07 Å². The summed E-state index contributed by atoms with van der Waals surface area (Å²) in [7, 11) is -1.67. The quantitative estimate of drug-likeness (QED) is 0.780. The summed E-state index contributed by atoms with van der Waals surface area (Å²) < 4.78 is 27.5. The molecule has 1 aliphatic carbocycles. The minimum absolute atomic E-state index is 0.0715. The Morgan fingerprint density at radius 1 is 1.37 bits per heavy atom. The molecule has 2 rings (SSSR count). The first-order chi connectivity index (χ1) is 8.87. The van der Waals surface area contributed by atoms with E-state index in [1.807, 2.05) is 0 Å². The van der Waals surface area contributed by atoms with Gasteiger partial charge in [-0.3, -0.25) is 4.79 Å². The lowest BCUT2D eigenvalue weighted by Crippen LogP contribution is -2.36. The Morgan fingerprint density at radius 3 is 2.53 bits per heavy atom. The highest BCUT2D eigenvalue weighted by molar-refractivity contribution is 6.58. The largest absolute Gasteiger partial charge is 0.488 e. The first-order valence-corrected chi connectivity index (χ1v) is 6.32. The molecule has 7 heteroatoms. The number of halogens is 2. The third kappa shape index (κ3) is 3.64. The van der Waals surface area contributed by atoms with Crippen LogP contribution in [0.4, 0.5) is 8.78 Å². The molecule has 1 aromatic heterocycles. The normalized spacial score (nSPS) is 19.4. The van der Waals surface area contributed by atoms with E-state index >= 15 is 0 Å². The van der Waals surface area contributed by atoms with Gasteiger partial charge in [-0.25, -0.2) is 8.78 Å². The average molecular weight is 271 g/mol. The number of nitrogens with zero attached hydrogens (tertiary/aromatic N) is 1. The monoisotopic (exact) mass is 271 g/mol. The molecule has 0 spiro atoms. The van der Waals surface area contributed by atoms with Gasteiger partial charge >= 0.3 is 7.12 Å². The third-order valence-electron chi connectivity index (χ3n) is 3.61. The number of aromatic nitrogens is 1. The predicted molar refractivity (Wildman–Crippen MR) is 67.4 cm³/mol. The van der Waals surface area contributed by atoms with Crippen molar-refractivity contribution in [3.63, 3.8) is 0 Å². The third-order valence-corrected chi connectivity index (χ3v) is 3.61. The zero-order valence-electron chi connectivity index (χ0n) is 10.4. The number of rotatable bonds is 3. The minimum Gasteiger partial charge on any atom is -0.423 e. The average Bonchev–Trinajstić information content (AvgIpc) is 2.34. The summed E-state index contributed by atoms with van der Waals surface area (Å²) in [5, 5.41) is 17.9. The number of hydrogen-bond acceptors (Lipinski definition) is 3. The van der Waals surface area contributed by atoms with E-state index in [0.29, 0.717) is 19.4 Å². The van der Waals surface area contributed by atoms with Crippen molar-refractivity contribution in [1.82, 2.24) is 4.57 Å². The second-order valence-electron chi connectivity index (χ2n) is 5.12. The molecule has 0 bridgehead atoms. The SMILES string of the molecule is O=c1cc(B(O)O)ccn1CC1CCC(F)(F)CC1. The van der Waals surface area contributed by atoms with Gasteiger partial charge in [0.05, 0.1) is 0 Å². The molecule has 0 saturated heterocycles. The molecular weight excluding hydrogens is 255 g/mol. The van der Waals surface area contributed by atoms with Crippen LogP contribution in [0.5, 0.6) is 0 Å². The van der Waals surface area contributed by atoms with Crippen molar-refractivity contribution in [1.29, 1.82) is 0 Å². The van der Waals surface area contributed by atoms with Gasteiger partial charge in [-0.1, -0.05) is 0 Å². The summed E-state index contributed by atoms with van der Waals surface area (Å²) >= 11 is 0. The van der Waals surface area contributed by atoms with Crippen LogP contribution in [0.15, 0.2) is 23.1 Å². The van der Waals surface area contributed by atoms with Crippen molar-refractivity contribution in [3.8, 4) is 0 Å². The van der Waals surface area contributed by atoms with Crippen molar-refractivity contribution >= 4 is 12.6 Å². The fraction of sp³-hybridized carbons (Fsp3) is 0.583. The summed E-state index contributed by atoms with van der Waals surface area (Å²) in [4.78, 5) is 11.7. The highest BCUT2D eigenvalue weighted by Crippen LogP contribution is 2.36. The highest BCUT2D eigenvalue weighted by atomic mass is 19.3. The van der Waals surface area contributed by atoms with Gasteiger partial charge in [0.25, 0.3) is 0 Å². The van der Waals surface area contributed by atoms with Crippen LogP contribution in [0.3, 0.4) is 0 Å². The molecular formula is C12H16BF2NO3. The van der Waals surface area contributed by atoms with Gasteiger partial charge in [0, 0.05) is 31.6 Å². The minimum atomic E-state index is -2.56. The number of pyridine rings is 1. The van der Waals surface area contributed by atoms with Gasteiger partial charge in [0.1, 0.15) is 0 Å². The van der Waals surface area contributed by atoms with Crippen molar-refractivity contribution in [2.45, 2.75) is 38.2 Å². The Morgan fingerprint density at radius 2 is 2.00 bits per heavy atom. The first-order valence-electron chi connectivity index (χ1n) is 6.32. The molecule has 1 fully saturated rings. The molecule has 1 saturated carbocycles. The van der Waals surface area contributed by atoms with E-state index in [-0.39, 0.29) is 29.8 Å². The van der Waals surface area contributed by atoms with Gasteiger partial charge in [-0.2, -0.15) is 0 Å². The van der Waals surface area contributed by atoms with E-state index in [1.54, 1.807) is 0 Å². The van der Waals surface area contributed by atoms with Crippen LogP contribution in [0.1, 0.15) is 25.7 Å². The maximum atomic E-state index is 13.0.